The van der Waals surface area contributed by atoms with Gasteiger partial charge in [0.2, 0.25) is 0 Å². The largest absolute Gasteiger partial charge is 0.493 e. The molecule has 0 fully saturated rings. The molecule has 0 spiro atoms. The number of anilines is 2. The molecule has 15 heteroatoms. The number of nitrogens with one attached hydrogen (secondary N) is 3. The standard InChI is InChI=1S/C33H28F5N3O7/c1-45-28-18-24(12-14-27(28)47-16-15-39-31(43)33(36,37)38)41-32(44)40-23-11-13-26(25(17-23)30(42)46-2)48-29(19-3-7-21(34)8-4-19)20-5-9-22(35)10-6-20/h3-14,17-18,29H,15-16H2,1-2H3,(H,39,43)(H2,40,41,44). The summed E-state index contributed by atoms with van der Waals surface area (Å²) in [5.74, 6) is -3.49. The second-order valence-corrected chi connectivity index (χ2v) is 9.85. The van der Waals surface area contributed by atoms with Crippen LogP contribution in [0.2, 0.25) is 0 Å². The summed E-state index contributed by atoms with van der Waals surface area (Å²) in [4.78, 5) is 36.5. The number of alkyl halides is 3. The summed E-state index contributed by atoms with van der Waals surface area (Å²) in [7, 11) is 2.47. The van der Waals surface area contributed by atoms with E-state index in [0.29, 0.717) is 11.1 Å². The number of carbonyl (C=O) groups is 3. The predicted octanol–water partition coefficient (Wildman–Crippen LogP) is 6.63. The molecule has 3 N–H and O–H groups in total. The van der Waals surface area contributed by atoms with E-state index in [2.05, 4.69) is 10.6 Å². The van der Waals surface area contributed by atoms with E-state index in [1.807, 2.05) is 0 Å². The fraction of sp³-hybridized carbons (Fsp3) is 0.182. The first-order valence-corrected chi connectivity index (χ1v) is 14.0. The number of benzene rings is 4. The molecule has 3 amide bonds. The van der Waals surface area contributed by atoms with Crippen molar-refractivity contribution in [1.29, 1.82) is 0 Å². The summed E-state index contributed by atoms with van der Waals surface area (Å²) in [6.45, 7) is -0.706. The third-order valence-electron chi connectivity index (χ3n) is 6.56. The van der Waals surface area contributed by atoms with Gasteiger partial charge in [0.15, 0.2) is 11.5 Å². The number of methoxy groups -OCH3 is 2. The third kappa shape index (κ3) is 9.34. The molecule has 252 valence electrons. The van der Waals surface area contributed by atoms with Crippen LogP contribution in [0.4, 0.5) is 38.1 Å². The Morgan fingerprint density at radius 1 is 0.729 bits per heavy atom. The Morgan fingerprint density at radius 2 is 1.27 bits per heavy atom. The number of rotatable bonds is 12. The Kier molecular flexibility index (Phi) is 11.4. The monoisotopic (exact) mass is 673 g/mol. The van der Waals surface area contributed by atoms with Crippen molar-refractivity contribution < 1.29 is 55.3 Å². The molecule has 0 aliphatic heterocycles. The van der Waals surface area contributed by atoms with Gasteiger partial charge in [-0.05, 0) is 65.7 Å². The van der Waals surface area contributed by atoms with E-state index in [-0.39, 0.29) is 40.8 Å². The molecule has 0 atom stereocenters. The number of hydrogen-bond donors (Lipinski definition) is 3. The maximum atomic E-state index is 13.7. The molecule has 0 saturated carbocycles. The molecule has 0 heterocycles. The Hall–Kier alpha value is -5.86. The molecule has 0 radical (unpaired) electrons. The highest BCUT2D eigenvalue weighted by molar-refractivity contribution is 6.01. The van der Waals surface area contributed by atoms with Crippen LogP contribution in [0.5, 0.6) is 17.2 Å². The maximum absolute atomic E-state index is 13.7. The van der Waals surface area contributed by atoms with Crippen molar-refractivity contribution in [2.45, 2.75) is 12.3 Å². The van der Waals surface area contributed by atoms with E-state index in [0.717, 1.165) is 7.11 Å². The van der Waals surface area contributed by atoms with Crippen molar-refractivity contribution in [3.8, 4) is 17.2 Å². The van der Waals surface area contributed by atoms with Crippen LogP contribution in [-0.4, -0.2) is 51.5 Å². The molecule has 0 unspecified atom stereocenters. The van der Waals surface area contributed by atoms with Crippen LogP contribution in [0.25, 0.3) is 0 Å². The molecule has 4 aromatic rings. The highest BCUT2D eigenvalue weighted by Gasteiger charge is 2.38. The average Bonchev–Trinajstić information content (AvgIpc) is 3.06. The van der Waals surface area contributed by atoms with Crippen molar-refractivity contribution in [3.05, 3.63) is 113 Å². The lowest BCUT2D eigenvalue weighted by atomic mass is 10.0. The zero-order chi connectivity index (χ0) is 34.8. The molecular weight excluding hydrogens is 645 g/mol. The number of urea groups is 1. The second kappa shape index (κ2) is 15.6. The number of carbonyl (C=O) groups excluding carboxylic acids is 3. The van der Waals surface area contributed by atoms with Crippen LogP contribution in [0.15, 0.2) is 84.9 Å². The minimum absolute atomic E-state index is 0.0564. The Labute approximate surface area is 270 Å². The lowest BCUT2D eigenvalue weighted by molar-refractivity contribution is -0.173. The number of amides is 3. The smallest absolute Gasteiger partial charge is 0.471 e. The fourth-order valence-electron chi connectivity index (χ4n) is 4.29. The number of ether oxygens (including phenoxy) is 4. The Morgan fingerprint density at radius 3 is 1.79 bits per heavy atom. The van der Waals surface area contributed by atoms with E-state index in [4.69, 9.17) is 18.9 Å². The van der Waals surface area contributed by atoms with Crippen molar-refractivity contribution in [2.24, 2.45) is 0 Å². The van der Waals surface area contributed by atoms with Gasteiger partial charge in [0.25, 0.3) is 0 Å². The molecule has 0 aliphatic carbocycles. The van der Waals surface area contributed by atoms with Crippen molar-refractivity contribution >= 4 is 29.3 Å². The van der Waals surface area contributed by atoms with Gasteiger partial charge in [-0.25, -0.2) is 18.4 Å². The van der Waals surface area contributed by atoms with Crippen molar-refractivity contribution in [2.75, 3.05) is 38.0 Å². The third-order valence-corrected chi connectivity index (χ3v) is 6.56. The van der Waals surface area contributed by atoms with E-state index in [1.54, 1.807) is 5.32 Å². The molecule has 0 aliphatic rings. The highest BCUT2D eigenvalue weighted by atomic mass is 19.4. The van der Waals surface area contributed by atoms with Gasteiger partial charge >= 0.3 is 24.1 Å². The summed E-state index contributed by atoms with van der Waals surface area (Å²) < 4.78 is 86.0. The van der Waals surface area contributed by atoms with Crippen LogP contribution >= 0.6 is 0 Å². The van der Waals surface area contributed by atoms with Crippen LogP contribution in [0, 0.1) is 11.6 Å². The normalized spacial score (nSPS) is 11.0. The summed E-state index contributed by atoms with van der Waals surface area (Å²) in [6, 6.07) is 18.6. The molecule has 48 heavy (non-hydrogen) atoms. The van der Waals surface area contributed by atoms with Gasteiger partial charge in [-0.3, -0.25) is 4.79 Å². The van der Waals surface area contributed by atoms with Crippen LogP contribution in [0.3, 0.4) is 0 Å². The van der Waals surface area contributed by atoms with Gasteiger partial charge in [-0.2, -0.15) is 13.2 Å². The van der Waals surface area contributed by atoms with Crippen LogP contribution < -0.4 is 30.2 Å². The van der Waals surface area contributed by atoms with Crippen LogP contribution in [0.1, 0.15) is 27.6 Å². The Bertz CT molecular complexity index is 1700. The van der Waals surface area contributed by atoms with Gasteiger partial charge in [0, 0.05) is 17.4 Å². The number of esters is 1. The Balaban J connectivity index is 1.47. The summed E-state index contributed by atoms with van der Waals surface area (Å²) in [6.07, 6.45) is -5.89. The lowest BCUT2D eigenvalue weighted by Crippen LogP contribution is -2.38. The molecule has 4 aromatic carbocycles. The minimum atomic E-state index is -5.01. The lowest BCUT2D eigenvalue weighted by Gasteiger charge is -2.22. The zero-order valence-electron chi connectivity index (χ0n) is 25.3. The van der Waals surface area contributed by atoms with Crippen LogP contribution in [-0.2, 0) is 9.53 Å². The fourth-order valence-corrected chi connectivity index (χ4v) is 4.29. The van der Waals surface area contributed by atoms with Gasteiger partial charge in [0.05, 0.1) is 20.8 Å². The predicted molar refractivity (Wildman–Crippen MR) is 163 cm³/mol. The molecule has 0 aromatic heterocycles. The molecule has 10 nitrogen and oxygen atoms in total. The molecule has 4 rings (SSSR count). The SMILES string of the molecule is COC(=O)c1cc(NC(=O)Nc2ccc(OCCNC(=O)C(F)(F)F)c(OC)c2)ccc1OC(c1ccc(F)cc1)c1ccc(F)cc1. The molecule has 0 bridgehead atoms. The summed E-state index contributed by atoms with van der Waals surface area (Å²) in [5.41, 5.74) is 1.39. The maximum Gasteiger partial charge on any atom is 0.471 e. The quantitative estimate of drug-likeness (QED) is 0.0877. The van der Waals surface area contributed by atoms with E-state index < -0.39 is 48.4 Å². The van der Waals surface area contributed by atoms with E-state index >= 15 is 0 Å². The van der Waals surface area contributed by atoms with Gasteiger partial charge in [0.1, 0.15) is 35.7 Å². The summed E-state index contributed by atoms with van der Waals surface area (Å²) >= 11 is 0. The number of hydrogen-bond acceptors (Lipinski definition) is 7. The molecular formula is C33H28F5N3O7. The van der Waals surface area contributed by atoms with E-state index in [9.17, 15) is 36.3 Å². The minimum Gasteiger partial charge on any atom is -0.493 e. The second-order valence-electron chi connectivity index (χ2n) is 9.85. The zero-order valence-corrected chi connectivity index (χ0v) is 25.3. The first-order chi connectivity index (χ1) is 22.9. The van der Waals surface area contributed by atoms with Crippen molar-refractivity contribution in [3.63, 3.8) is 0 Å². The topological polar surface area (TPSA) is 124 Å². The van der Waals surface area contributed by atoms with E-state index in [1.165, 1.54) is 92.0 Å². The average molecular weight is 674 g/mol. The van der Waals surface area contributed by atoms with Gasteiger partial charge in [-0.15, -0.1) is 0 Å². The van der Waals surface area contributed by atoms with Gasteiger partial charge in [-0.1, -0.05) is 24.3 Å². The number of halogens is 5. The first-order valence-electron chi connectivity index (χ1n) is 14.0. The highest BCUT2D eigenvalue weighted by Crippen LogP contribution is 2.33. The van der Waals surface area contributed by atoms with Crippen molar-refractivity contribution in [1.82, 2.24) is 5.32 Å². The van der Waals surface area contributed by atoms with Gasteiger partial charge < -0.3 is 34.9 Å². The summed E-state index contributed by atoms with van der Waals surface area (Å²) in [5, 5.41) is 6.84. The molecule has 0 saturated heterocycles. The first kappa shape index (κ1) is 35.0.